The highest BCUT2D eigenvalue weighted by molar-refractivity contribution is 5.94. The molecule has 0 heterocycles. The van der Waals surface area contributed by atoms with Crippen molar-refractivity contribution in [1.29, 1.82) is 0 Å². The lowest BCUT2D eigenvalue weighted by molar-refractivity contribution is -0.0339. The molecule has 1 aromatic rings. The van der Waals surface area contributed by atoms with E-state index in [2.05, 4.69) is 0 Å². The van der Waals surface area contributed by atoms with Crippen molar-refractivity contribution >= 4 is 5.91 Å². The Morgan fingerprint density at radius 2 is 1.73 bits per heavy atom. The van der Waals surface area contributed by atoms with Crippen LogP contribution in [0.15, 0.2) is 24.3 Å². The summed E-state index contributed by atoms with van der Waals surface area (Å²) in [5.74, 6) is 0.748. The minimum absolute atomic E-state index is 0.0439. The minimum Gasteiger partial charge on any atom is -0.491 e. The number of hydrogen-bond donors (Lipinski definition) is 1. The zero-order valence-corrected chi connectivity index (χ0v) is 13.7. The van der Waals surface area contributed by atoms with Crippen LogP contribution in [-0.4, -0.2) is 41.2 Å². The van der Waals surface area contributed by atoms with E-state index in [9.17, 15) is 9.90 Å². The molecule has 1 fully saturated rings. The van der Waals surface area contributed by atoms with Gasteiger partial charge in [-0.15, -0.1) is 0 Å². The molecule has 122 valence electrons. The molecule has 1 aliphatic carbocycles. The van der Waals surface area contributed by atoms with Gasteiger partial charge in [-0.25, -0.2) is 0 Å². The molecule has 0 aromatic heterocycles. The van der Waals surface area contributed by atoms with Crippen molar-refractivity contribution in [3.63, 3.8) is 0 Å². The first kappa shape index (κ1) is 16.8. The number of ether oxygens (including phenoxy) is 1. The maximum Gasteiger partial charge on any atom is 0.253 e. The summed E-state index contributed by atoms with van der Waals surface area (Å²) in [5.41, 5.74) is -0.0130. The van der Waals surface area contributed by atoms with Crippen LogP contribution in [0.2, 0.25) is 0 Å². The van der Waals surface area contributed by atoms with Crippen molar-refractivity contribution in [2.45, 2.75) is 51.6 Å². The molecule has 0 saturated heterocycles. The molecular weight excluding hydrogens is 278 g/mol. The van der Waals surface area contributed by atoms with Crippen molar-refractivity contribution in [1.82, 2.24) is 4.90 Å². The van der Waals surface area contributed by atoms with Crippen LogP contribution < -0.4 is 4.74 Å². The lowest BCUT2D eigenvalue weighted by atomic mass is 9.85. The molecule has 1 amide bonds. The second-order valence-electron chi connectivity index (χ2n) is 6.08. The number of aliphatic hydroxyl groups is 1. The minimum atomic E-state index is -0.687. The van der Waals surface area contributed by atoms with Gasteiger partial charge in [-0.2, -0.15) is 0 Å². The van der Waals surface area contributed by atoms with Gasteiger partial charge in [0.05, 0.1) is 5.60 Å². The number of hydrogen-bond acceptors (Lipinski definition) is 3. The Morgan fingerprint density at radius 3 is 2.27 bits per heavy atom. The van der Waals surface area contributed by atoms with E-state index in [0.717, 1.165) is 25.7 Å². The SMILES string of the molecule is CCN(CC)C(=O)c1ccc(OCC2(O)CCCCC2)cc1. The van der Waals surface area contributed by atoms with Gasteiger partial charge in [-0.1, -0.05) is 19.3 Å². The second-order valence-corrected chi connectivity index (χ2v) is 6.08. The molecule has 22 heavy (non-hydrogen) atoms. The number of benzene rings is 1. The van der Waals surface area contributed by atoms with Gasteiger partial charge in [-0.3, -0.25) is 4.79 Å². The van der Waals surface area contributed by atoms with Crippen LogP contribution in [0.3, 0.4) is 0 Å². The van der Waals surface area contributed by atoms with Crippen LogP contribution in [0.1, 0.15) is 56.3 Å². The first-order valence-electron chi connectivity index (χ1n) is 8.32. The summed E-state index contributed by atoms with van der Waals surface area (Å²) in [5, 5.41) is 10.4. The lowest BCUT2D eigenvalue weighted by Gasteiger charge is -2.31. The Labute approximate surface area is 133 Å². The molecule has 1 saturated carbocycles. The summed E-state index contributed by atoms with van der Waals surface area (Å²) in [6.07, 6.45) is 4.95. The van der Waals surface area contributed by atoms with E-state index in [-0.39, 0.29) is 5.91 Å². The Balaban J connectivity index is 1.93. The number of amides is 1. The molecule has 0 aliphatic heterocycles. The fourth-order valence-electron chi connectivity index (χ4n) is 2.96. The monoisotopic (exact) mass is 305 g/mol. The third-order valence-electron chi connectivity index (χ3n) is 4.44. The zero-order chi connectivity index (χ0) is 16.0. The van der Waals surface area contributed by atoms with Crippen molar-refractivity contribution in [3.05, 3.63) is 29.8 Å². The second kappa shape index (κ2) is 7.63. The Kier molecular flexibility index (Phi) is 5.83. The first-order chi connectivity index (χ1) is 10.6. The van der Waals surface area contributed by atoms with Crippen LogP contribution in [0.5, 0.6) is 5.75 Å². The van der Waals surface area contributed by atoms with Gasteiger partial charge in [0, 0.05) is 18.7 Å². The number of rotatable bonds is 6. The standard InChI is InChI=1S/C18H27NO3/c1-3-19(4-2)17(20)15-8-10-16(11-9-15)22-14-18(21)12-6-5-7-13-18/h8-11,21H,3-7,12-14H2,1-2H3. The van der Waals surface area contributed by atoms with Gasteiger partial charge >= 0.3 is 0 Å². The number of nitrogens with zero attached hydrogens (tertiary/aromatic N) is 1. The summed E-state index contributed by atoms with van der Waals surface area (Å²) in [4.78, 5) is 14.0. The van der Waals surface area contributed by atoms with E-state index >= 15 is 0 Å². The topological polar surface area (TPSA) is 49.8 Å². The van der Waals surface area contributed by atoms with Gasteiger partial charge in [0.2, 0.25) is 0 Å². The van der Waals surface area contributed by atoms with E-state index < -0.39 is 5.60 Å². The molecule has 1 aliphatic rings. The van der Waals surface area contributed by atoms with Crippen molar-refractivity contribution < 1.29 is 14.6 Å². The predicted molar refractivity (Wildman–Crippen MR) is 87.2 cm³/mol. The molecule has 4 nitrogen and oxygen atoms in total. The van der Waals surface area contributed by atoms with E-state index in [4.69, 9.17) is 4.74 Å². The molecule has 0 unspecified atom stereocenters. The average Bonchev–Trinajstić information content (AvgIpc) is 2.55. The highest BCUT2D eigenvalue weighted by atomic mass is 16.5. The molecule has 2 rings (SSSR count). The first-order valence-corrected chi connectivity index (χ1v) is 8.32. The molecule has 0 spiro atoms. The van der Waals surface area contributed by atoms with E-state index in [1.807, 2.05) is 26.0 Å². The lowest BCUT2D eigenvalue weighted by Crippen LogP contribution is -2.37. The summed E-state index contributed by atoms with van der Waals surface area (Å²) >= 11 is 0. The van der Waals surface area contributed by atoms with Crippen LogP contribution in [-0.2, 0) is 0 Å². The van der Waals surface area contributed by atoms with Crippen molar-refractivity contribution in [2.24, 2.45) is 0 Å². The van der Waals surface area contributed by atoms with Gasteiger partial charge in [0.15, 0.2) is 0 Å². The summed E-state index contributed by atoms with van der Waals surface area (Å²) < 4.78 is 5.72. The molecule has 0 radical (unpaired) electrons. The highest BCUT2D eigenvalue weighted by Gasteiger charge is 2.29. The maximum absolute atomic E-state index is 12.2. The van der Waals surface area contributed by atoms with Gasteiger partial charge < -0.3 is 14.7 Å². The molecule has 1 N–H and O–H groups in total. The number of carbonyl (C=O) groups is 1. The summed E-state index contributed by atoms with van der Waals surface area (Å²) in [6, 6.07) is 7.20. The molecule has 0 bridgehead atoms. The van der Waals surface area contributed by atoms with E-state index in [1.165, 1.54) is 6.42 Å². The largest absolute Gasteiger partial charge is 0.491 e. The molecule has 0 atom stereocenters. The van der Waals surface area contributed by atoms with Crippen LogP contribution in [0, 0.1) is 0 Å². The fourth-order valence-corrected chi connectivity index (χ4v) is 2.96. The summed E-state index contributed by atoms with van der Waals surface area (Å²) in [7, 11) is 0. The van der Waals surface area contributed by atoms with E-state index in [0.29, 0.717) is 31.0 Å². The fraction of sp³-hybridized carbons (Fsp3) is 0.611. The smallest absolute Gasteiger partial charge is 0.253 e. The third kappa shape index (κ3) is 4.23. The van der Waals surface area contributed by atoms with E-state index in [1.54, 1.807) is 17.0 Å². The Morgan fingerprint density at radius 1 is 1.14 bits per heavy atom. The molecule has 4 heteroatoms. The van der Waals surface area contributed by atoms with Gasteiger partial charge in [0.1, 0.15) is 12.4 Å². The normalized spacial score (nSPS) is 17.0. The van der Waals surface area contributed by atoms with Crippen LogP contribution in [0.4, 0.5) is 0 Å². The van der Waals surface area contributed by atoms with Crippen LogP contribution >= 0.6 is 0 Å². The van der Waals surface area contributed by atoms with Crippen LogP contribution in [0.25, 0.3) is 0 Å². The van der Waals surface area contributed by atoms with Crippen molar-refractivity contribution in [2.75, 3.05) is 19.7 Å². The Bertz CT molecular complexity index is 474. The van der Waals surface area contributed by atoms with Gasteiger partial charge in [-0.05, 0) is 51.0 Å². The Hall–Kier alpha value is -1.55. The number of carbonyl (C=O) groups excluding carboxylic acids is 1. The third-order valence-corrected chi connectivity index (χ3v) is 4.44. The highest BCUT2D eigenvalue weighted by Crippen LogP contribution is 2.28. The quantitative estimate of drug-likeness (QED) is 0.877. The average molecular weight is 305 g/mol. The van der Waals surface area contributed by atoms with Gasteiger partial charge in [0.25, 0.3) is 5.91 Å². The molecule has 1 aromatic carbocycles. The van der Waals surface area contributed by atoms with Crippen molar-refractivity contribution in [3.8, 4) is 5.75 Å². The molecular formula is C18H27NO3. The predicted octanol–water partition coefficient (Wildman–Crippen LogP) is 3.24. The summed E-state index contributed by atoms with van der Waals surface area (Å²) in [6.45, 7) is 5.70. The zero-order valence-electron chi connectivity index (χ0n) is 13.7. The maximum atomic E-state index is 12.2.